The number of rotatable bonds is 6. The maximum Gasteiger partial charge on any atom is 0.191 e. The van der Waals surface area contributed by atoms with Gasteiger partial charge in [0.1, 0.15) is 12.4 Å². The predicted octanol–water partition coefficient (Wildman–Crippen LogP) is 3.17. The second-order valence-electron chi connectivity index (χ2n) is 5.06. The molecule has 0 bridgehead atoms. The summed E-state index contributed by atoms with van der Waals surface area (Å²) < 4.78 is 44.7. The highest BCUT2D eigenvalue weighted by atomic mass is 127. The number of benzene rings is 2. The number of hydrogen-bond acceptors (Lipinski definition) is 3. The van der Waals surface area contributed by atoms with Gasteiger partial charge < -0.3 is 20.5 Å². The molecule has 0 amide bonds. The van der Waals surface area contributed by atoms with Crippen LogP contribution in [0.2, 0.25) is 0 Å². The first kappa shape index (κ1) is 21.9. The van der Waals surface area contributed by atoms with Gasteiger partial charge in [-0.15, -0.1) is 24.0 Å². The minimum Gasteiger partial charge on any atom is -0.505 e. The molecule has 3 N–H and O–H groups in total. The quantitative estimate of drug-likeness (QED) is 0.257. The fourth-order valence-corrected chi connectivity index (χ4v) is 1.99. The minimum atomic E-state index is -0.767. The van der Waals surface area contributed by atoms with Crippen LogP contribution in [-0.4, -0.2) is 31.3 Å². The van der Waals surface area contributed by atoms with Crippen molar-refractivity contribution in [3.63, 3.8) is 0 Å². The van der Waals surface area contributed by atoms with Gasteiger partial charge in [0.15, 0.2) is 29.1 Å². The fraction of sp³-hybridized carbons (Fsp3) is 0.235. The number of phenols is 1. The summed E-state index contributed by atoms with van der Waals surface area (Å²) in [6, 6.07) is 7.16. The van der Waals surface area contributed by atoms with Crippen LogP contribution in [0, 0.1) is 17.5 Å². The zero-order chi connectivity index (χ0) is 18.2. The third-order valence-electron chi connectivity index (χ3n) is 3.24. The van der Waals surface area contributed by atoms with Crippen LogP contribution in [0.25, 0.3) is 0 Å². The van der Waals surface area contributed by atoms with Crippen LogP contribution in [0.15, 0.2) is 41.4 Å². The van der Waals surface area contributed by atoms with Crippen molar-refractivity contribution in [3.05, 3.63) is 59.4 Å². The largest absolute Gasteiger partial charge is 0.505 e. The van der Waals surface area contributed by atoms with Gasteiger partial charge in [-0.3, -0.25) is 4.99 Å². The van der Waals surface area contributed by atoms with Gasteiger partial charge >= 0.3 is 0 Å². The second-order valence-corrected chi connectivity index (χ2v) is 5.06. The number of aliphatic imine (C=N–C) groups is 1. The molecule has 9 heteroatoms. The molecule has 5 nitrogen and oxygen atoms in total. The molecule has 142 valence electrons. The number of guanidine groups is 1. The number of nitrogens with one attached hydrogen (secondary N) is 2. The first-order chi connectivity index (χ1) is 12.0. The Bertz CT molecular complexity index is 760. The van der Waals surface area contributed by atoms with E-state index in [1.54, 1.807) is 13.1 Å². The maximum absolute atomic E-state index is 13.4. The molecule has 0 aromatic heterocycles. The molecule has 0 heterocycles. The third kappa shape index (κ3) is 6.62. The summed E-state index contributed by atoms with van der Waals surface area (Å²) in [4.78, 5) is 3.99. The van der Waals surface area contributed by atoms with Crippen LogP contribution in [-0.2, 0) is 6.54 Å². The molecule has 0 saturated heterocycles. The Balaban J connectivity index is 0.00000338. The Morgan fingerprint density at radius 3 is 2.50 bits per heavy atom. The minimum absolute atomic E-state index is 0. The molecular weight excluding hydrogens is 462 g/mol. The zero-order valence-corrected chi connectivity index (χ0v) is 16.3. The molecule has 2 aromatic rings. The summed E-state index contributed by atoms with van der Waals surface area (Å²) in [6.07, 6.45) is 0. The van der Waals surface area contributed by atoms with Crippen molar-refractivity contribution in [2.75, 3.05) is 20.2 Å². The van der Waals surface area contributed by atoms with Crippen molar-refractivity contribution in [2.45, 2.75) is 6.54 Å². The lowest BCUT2D eigenvalue weighted by molar-refractivity contribution is 0.304. The first-order valence-electron chi connectivity index (χ1n) is 7.49. The number of halogens is 4. The number of nitrogens with zero attached hydrogens (tertiary/aromatic N) is 1. The highest BCUT2D eigenvalue weighted by Crippen LogP contribution is 2.17. The van der Waals surface area contributed by atoms with E-state index in [4.69, 9.17) is 9.84 Å². The van der Waals surface area contributed by atoms with E-state index in [1.165, 1.54) is 18.2 Å². The number of aromatic hydroxyl groups is 1. The van der Waals surface area contributed by atoms with Crippen molar-refractivity contribution in [1.82, 2.24) is 10.6 Å². The highest BCUT2D eigenvalue weighted by molar-refractivity contribution is 14.0. The molecule has 2 aromatic carbocycles. The normalized spacial score (nSPS) is 10.8. The van der Waals surface area contributed by atoms with Crippen LogP contribution in [0.4, 0.5) is 13.2 Å². The Hall–Kier alpha value is -2.17. The van der Waals surface area contributed by atoms with Crippen molar-refractivity contribution >= 4 is 29.9 Å². The van der Waals surface area contributed by atoms with E-state index in [0.29, 0.717) is 24.6 Å². The first-order valence-corrected chi connectivity index (χ1v) is 7.49. The molecule has 0 fully saturated rings. The monoisotopic (exact) mass is 481 g/mol. The molecule has 0 aliphatic carbocycles. The lowest BCUT2D eigenvalue weighted by Crippen LogP contribution is -2.38. The summed E-state index contributed by atoms with van der Waals surface area (Å²) in [6.45, 7) is 0.752. The van der Waals surface area contributed by atoms with Gasteiger partial charge in [0.05, 0.1) is 6.54 Å². The van der Waals surface area contributed by atoms with E-state index < -0.39 is 23.2 Å². The number of hydrogen-bond donors (Lipinski definition) is 3. The maximum atomic E-state index is 13.4. The molecule has 0 aliphatic heterocycles. The smallest absolute Gasteiger partial charge is 0.191 e. The molecular formula is C17H19F3IN3O2. The Kier molecular flexibility index (Phi) is 9.03. The number of phenolic OH excluding ortho intramolecular Hbond substituents is 1. The standard InChI is InChI=1S/C17H18F3N3O2.HI/c1-21-17(23-10-11-2-4-15(24)13(19)8-11)22-6-7-25-16-5-3-12(18)9-14(16)20;/h2-5,8-9,24H,6-7,10H2,1H3,(H2,21,22,23);1H. The predicted molar refractivity (Wildman–Crippen MR) is 104 cm³/mol. The van der Waals surface area contributed by atoms with Crippen molar-refractivity contribution in [3.8, 4) is 11.5 Å². The molecule has 0 atom stereocenters. The van der Waals surface area contributed by atoms with Crippen molar-refractivity contribution in [2.24, 2.45) is 4.99 Å². The Labute approximate surface area is 166 Å². The van der Waals surface area contributed by atoms with E-state index in [2.05, 4.69) is 15.6 Å². The van der Waals surface area contributed by atoms with E-state index >= 15 is 0 Å². The van der Waals surface area contributed by atoms with Gasteiger partial charge in [-0.1, -0.05) is 6.07 Å². The van der Waals surface area contributed by atoms with Gasteiger partial charge in [-0.05, 0) is 29.8 Å². The average molecular weight is 481 g/mol. The van der Waals surface area contributed by atoms with Gasteiger partial charge in [0.2, 0.25) is 0 Å². The molecule has 0 radical (unpaired) electrons. The van der Waals surface area contributed by atoms with Crippen LogP contribution in [0.1, 0.15) is 5.56 Å². The van der Waals surface area contributed by atoms with Crippen LogP contribution in [0.3, 0.4) is 0 Å². The van der Waals surface area contributed by atoms with E-state index in [-0.39, 0.29) is 36.3 Å². The fourth-order valence-electron chi connectivity index (χ4n) is 1.99. The van der Waals surface area contributed by atoms with Crippen molar-refractivity contribution < 1.29 is 23.0 Å². The summed E-state index contributed by atoms with van der Waals surface area (Å²) >= 11 is 0. The highest BCUT2D eigenvalue weighted by Gasteiger charge is 2.05. The van der Waals surface area contributed by atoms with Gasteiger partial charge in [0.25, 0.3) is 0 Å². The zero-order valence-electron chi connectivity index (χ0n) is 13.9. The van der Waals surface area contributed by atoms with Crippen molar-refractivity contribution in [1.29, 1.82) is 0 Å². The second kappa shape index (κ2) is 10.7. The lowest BCUT2D eigenvalue weighted by atomic mass is 10.2. The van der Waals surface area contributed by atoms with Crippen LogP contribution >= 0.6 is 24.0 Å². The van der Waals surface area contributed by atoms with Crippen LogP contribution in [0.5, 0.6) is 11.5 Å². The summed E-state index contributed by atoms with van der Waals surface area (Å²) in [5, 5.41) is 15.0. The van der Waals surface area contributed by atoms with E-state index in [1.807, 2.05) is 0 Å². The Morgan fingerprint density at radius 1 is 1.08 bits per heavy atom. The molecule has 2 rings (SSSR count). The topological polar surface area (TPSA) is 65.9 Å². The van der Waals surface area contributed by atoms with E-state index in [0.717, 1.165) is 12.1 Å². The molecule has 0 unspecified atom stereocenters. The van der Waals surface area contributed by atoms with Gasteiger partial charge in [-0.2, -0.15) is 0 Å². The number of ether oxygens (including phenoxy) is 1. The average Bonchev–Trinajstić information content (AvgIpc) is 2.59. The molecule has 0 saturated carbocycles. The molecule has 26 heavy (non-hydrogen) atoms. The van der Waals surface area contributed by atoms with Gasteiger partial charge in [0, 0.05) is 19.7 Å². The molecule has 0 aliphatic rings. The lowest BCUT2D eigenvalue weighted by Gasteiger charge is -2.13. The van der Waals surface area contributed by atoms with E-state index in [9.17, 15) is 13.2 Å². The van der Waals surface area contributed by atoms with Gasteiger partial charge in [-0.25, -0.2) is 13.2 Å². The summed E-state index contributed by atoms with van der Waals surface area (Å²) in [7, 11) is 1.56. The SMILES string of the molecule is CN=C(NCCOc1ccc(F)cc1F)NCc1ccc(O)c(F)c1.I. The summed E-state index contributed by atoms with van der Waals surface area (Å²) in [5.74, 6) is -2.13. The molecule has 0 spiro atoms. The third-order valence-corrected chi connectivity index (χ3v) is 3.24. The summed E-state index contributed by atoms with van der Waals surface area (Å²) in [5.41, 5.74) is 0.628. The Morgan fingerprint density at radius 2 is 1.85 bits per heavy atom. The van der Waals surface area contributed by atoms with Crippen LogP contribution < -0.4 is 15.4 Å².